The first kappa shape index (κ1) is 25.6. The summed E-state index contributed by atoms with van der Waals surface area (Å²) in [5.41, 5.74) is 13.3. The van der Waals surface area contributed by atoms with Crippen LogP contribution in [0, 0.1) is 5.41 Å². The van der Waals surface area contributed by atoms with Crippen LogP contribution in [0.15, 0.2) is 23.2 Å². The average molecular weight is 540 g/mol. The largest absolute Gasteiger partial charge is 0.370 e. The number of fused-ring (bicyclic) bond motifs is 1. The number of carbonyl (C=O) groups excluding carboxylic acids is 3. The van der Waals surface area contributed by atoms with Crippen molar-refractivity contribution in [2.24, 2.45) is 21.9 Å². The molecule has 4 atom stereocenters. The number of rotatable bonds is 4. The third kappa shape index (κ3) is 3.70. The van der Waals surface area contributed by atoms with Crippen LogP contribution in [0.5, 0.6) is 0 Å². The highest BCUT2D eigenvalue weighted by molar-refractivity contribution is 6.02. The number of hydrogen-bond donors (Lipinski definition) is 7. The van der Waals surface area contributed by atoms with E-state index in [1.165, 1.54) is 4.58 Å². The van der Waals surface area contributed by atoms with Gasteiger partial charge in [-0.3, -0.25) is 30.3 Å². The summed E-state index contributed by atoms with van der Waals surface area (Å²) in [5, 5.41) is 32.2. The summed E-state index contributed by atoms with van der Waals surface area (Å²) >= 11 is 0. The molecule has 1 unspecified atom stereocenters. The second kappa shape index (κ2) is 8.39. The highest BCUT2D eigenvalue weighted by Gasteiger charge is 2.75. The Hall–Kier alpha value is -3.71. The molecule has 4 heterocycles. The van der Waals surface area contributed by atoms with E-state index in [1.807, 2.05) is 12.1 Å². The summed E-state index contributed by atoms with van der Waals surface area (Å²) < 4.78 is 1.50. The topological polar surface area (TPSA) is 198 Å². The first-order valence-corrected chi connectivity index (χ1v) is 13.3. The number of aliphatic hydroxyl groups is 2. The Morgan fingerprint density at radius 2 is 1.92 bits per heavy atom. The zero-order valence-electron chi connectivity index (χ0n) is 22.0. The standard InChI is InChI=1S/C26H34N8O5/c1-24(2)9-8-13-4-3-5-14(15(13)10-24)21(37)30-17-12-34-23(28)29-16(11-33-18(35)6-7-19(33)36)20-25(34,26(17,38)39)32-22(27)31-20/h3-5,16-17,20,38-39H,6-12H2,1-2H3,(H6,27,28,29,30,31,32,37)/p+1/t16-,17?,20-,25-/m0/s1. The van der Waals surface area contributed by atoms with E-state index >= 15 is 0 Å². The number of aryl methyl sites for hydroxylation is 1. The van der Waals surface area contributed by atoms with Gasteiger partial charge in [0.2, 0.25) is 23.3 Å². The lowest BCUT2D eigenvalue weighted by molar-refractivity contribution is -0.623. The quantitative estimate of drug-likeness (QED) is 0.122. The van der Waals surface area contributed by atoms with Gasteiger partial charge in [0.25, 0.3) is 5.91 Å². The SMILES string of the molecule is CC1(C)CCc2cccc(C(=O)NC3C[N+]4=C(N)N[C@@H](CN5C(=O)CCC5=O)[C@@H]5N=C(N)N[C@@]54C3(O)O)c2C1. The van der Waals surface area contributed by atoms with Crippen LogP contribution >= 0.6 is 0 Å². The molecule has 1 aromatic carbocycles. The van der Waals surface area contributed by atoms with Gasteiger partial charge >= 0.3 is 5.96 Å². The van der Waals surface area contributed by atoms with Gasteiger partial charge in [-0.25, -0.2) is 9.57 Å². The Bertz CT molecular complexity index is 1340. The minimum atomic E-state index is -2.59. The van der Waals surface area contributed by atoms with Crippen LogP contribution in [0.4, 0.5) is 0 Å². The van der Waals surface area contributed by atoms with Crippen LogP contribution in [-0.2, 0) is 22.4 Å². The van der Waals surface area contributed by atoms with Crippen molar-refractivity contribution in [3.8, 4) is 0 Å². The van der Waals surface area contributed by atoms with E-state index in [1.54, 1.807) is 6.07 Å². The molecule has 13 nitrogen and oxygen atoms in total. The molecule has 13 heteroatoms. The molecule has 0 saturated carbocycles. The normalized spacial score (nSPS) is 32.2. The fourth-order valence-electron chi connectivity index (χ4n) is 6.90. The molecule has 2 saturated heterocycles. The maximum atomic E-state index is 13.6. The molecule has 0 bridgehead atoms. The Labute approximate surface area is 225 Å². The Morgan fingerprint density at radius 1 is 1.21 bits per heavy atom. The number of aliphatic imine (C=N–C) groups is 1. The van der Waals surface area contributed by atoms with Crippen LogP contribution in [0.2, 0.25) is 0 Å². The maximum Gasteiger partial charge on any atom is 0.346 e. The van der Waals surface area contributed by atoms with Crippen LogP contribution in [0.1, 0.15) is 54.6 Å². The molecule has 1 spiro atoms. The van der Waals surface area contributed by atoms with Gasteiger partial charge in [-0.1, -0.05) is 26.0 Å². The Kier molecular flexibility index (Phi) is 5.50. The van der Waals surface area contributed by atoms with Crippen molar-refractivity contribution < 1.29 is 29.2 Å². The van der Waals surface area contributed by atoms with Gasteiger partial charge in [0.1, 0.15) is 18.1 Å². The number of benzene rings is 1. The zero-order chi connectivity index (χ0) is 27.9. The van der Waals surface area contributed by atoms with Crippen LogP contribution in [0.3, 0.4) is 0 Å². The Morgan fingerprint density at radius 3 is 2.64 bits per heavy atom. The van der Waals surface area contributed by atoms with Crippen LogP contribution in [-0.4, -0.2) is 92.0 Å². The molecular weight excluding hydrogens is 504 g/mol. The van der Waals surface area contributed by atoms with E-state index in [0.29, 0.717) is 5.56 Å². The van der Waals surface area contributed by atoms with Gasteiger partial charge < -0.3 is 26.6 Å². The van der Waals surface area contributed by atoms with Gasteiger partial charge in [-0.2, -0.15) is 0 Å². The predicted molar refractivity (Wildman–Crippen MR) is 139 cm³/mol. The monoisotopic (exact) mass is 539 g/mol. The highest BCUT2D eigenvalue weighted by atomic mass is 16.5. The summed E-state index contributed by atoms with van der Waals surface area (Å²) in [7, 11) is 0. The first-order valence-electron chi connectivity index (χ1n) is 13.3. The van der Waals surface area contributed by atoms with Crippen LogP contribution in [0.25, 0.3) is 0 Å². The second-order valence-electron chi connectivity index (χ2n) is 12.0. The van der Waals surface area contributed by atoms with Gasteiger partial charge in [0, 0.05) is 18.4 Å². The highest BCUT2D eigenvalue weighted by Crippen LogP contribution is 2.42. The Balaban J connectivity index is 1.31. The number of imide groups is 1. The fourth-order valence-corrected chi connectivity index (χ4v) is 6.90. The minimum Gasteiger partial charge on any atom is -0.370 e. The molecule has 0 radical (unpaired) electrons. The molecule has 0 aromatic heterocycles. The average Bonchev–Trinajstić information content (AvgIpc) is 3.46. The van der Waals surface area contributed by atoms with Crippen molar-refractivity contribution in [3.63, 3.8) is 0 Å². The fraction of sp³-hybridized carbons (Fsp3) is 0.577. The van der Waals surface area contributed by atoms with Gasteiger partial charge in [-0.05, 0) is 41.9 Å². The zero-order valence-corrected chi connectivity index (χ0v) is 22.0. The second-order valence-corrected chi connectivity index (χ2v) is 12.0. The van der Waals surface area contributed by atoms with Crippen molar-refractivity contribution >= 4 is 29.6 Å². The summed E-state index contributed by atoms with van der Waals surface area (Å²) in [5.74, 6) is -3.61. The van der Waals surface area contributed by atoms with Crippen molar-refractivity contribution in [3.05, 3.63) is 34.9 Å². The van der Waals surface area contributed by atoms with Crippen molar-refractivity contribution in [2.45, 2.75) is 75.5 Å². The van der Waals surface area contributed by atoms with E-state index in [4.69, 9.17) is 11.5 Å². The molecule has 9 N–H and O–H groups in total. The molecule has 6 rings (SSSR count). The van der Waals surface area contributed by atoms with E-state index < -0.39 is 35.5 Å². The number of nitrogens with two attached hydrogens (primary N) is 2. The van der Waals surface area contributed by atoms with E-state index in [-0.39, 0.29) is 55.1 Å². The van der Waals surface area contributed by atoms with E-state index in [0.717, 1.165) is 35.3 Å². The van der Waals surface area contributed by atoms with Crippen molar-refractivity contribution in [1.29, 1.82) is 0 Å². The summed E-state index contributed by atoms with van der Waals surface area (Å²) in [4.78, 5) is 43.8. The maximum absolute atomic E-state index is 13.6. The summed E-state index contributed by atoms with van der Waals surface area (Å²) in [6.07, 6.45) is 2.87. The molecule has 3 amide bonds. The van der Waals surface area contributed by atoms with Gasteiger partial charge in [0.05, 0.1) is 13.1 Å². The molecule has 39 heavy (non-hydrogen) atoms. The number of likely N-dealkylation sites (tertiary alicyclic amines) is 1. The van der Waals surface area contributed by atoms with Crippen molar-refractivity contribution in [2.75, 3.05) is 13.1 Å². The van der Waals surface area contributed by atoms with Gasteiger partial charge in [-0.15, -0.1) is 0 Å². The lowest BCUT2D eigenvalue weighted by Crippen LogP contribution is -2.79. The van der Waals surface area contributed by atoms with Crippen molar-refractivity contribution in [1.82, 2.24) is 20.9 Å². The lowest BCUT2D eigenvalue weighted by Gasteiger charge is -2.44. The third-order valence-corrected chi connectivity index (χ3v) is 8.95. The van der Waals surface area contributed by atoms with Gasteiger partial charge in [0.15, 0.2) is 5.96 Å². The molecule has 2 fully saturated rings. The predicted octanol–water partition coefficient (Wildman–Crippen LogP) is -2.57. The van der Waals surface area contributed by atoms with E-state index in [2.05, 4.69) is 34.8 Å². The number of amides is 3. The number of guanidine groups is 2. The molecule has 208 valence electrons. The molecule has 4 aliphatic heterocycles. The molecular formula is C26H35N8O5+. The first-order chi connectivity index (χ1) is 18.3. The molecule has 1 aromatic rings. The molecule has 1 aliphatic carbocycles. The summed E-state index contributed by atoms with van der Waals surface area (Å²) in [6, 6.07) is 2.75. The number of nitrogens with one attached hydrogen (secondary N) is 3. The summed E-state index contributed by atoms with van der Waals surface area (Å²) in [6.45, 7) is 4.22. The number of hydrogen-bond acceptors (Lipinski definition) is 10. The van der Waals surface area contributed by atoms with Crippen LogP contribution < -0.4 is 27.4 Å². The number of carbonyl (C=O) groups is 3. The number of nitrogens with zero attached hydrogens (tertiary/aromatic N) is 3. The van der Waals surface area contributed by atoms with E-state index in [9.17, 15) is 24.6 Å². The third-order valence-electron chi connectivity index (χ3n) is 8.95. The minimum absolute atomic E-state index is 0.0477. The molecule has 5 aliphatic rings. The smallest absolute Gasteiger partial charge is 0.346 e. The lowest BCUT2D eigenvalue weighted by atomic mass is 9.73.